The van der Waals surface area contributed by atoms with Gasteiger partial charge in [-0.3, -0.25) is 9.78 Å². The number of carbonyl (C=O) groups excluding carboxylic acids is 1. The lowest BCUT2D eigenvalue weighted by Gasteiger charge is -2.09. The minimum Gasteiger partial charge on any atom is -0.439 e. The maximum Gasteiger partial charge on any atom is 0.416 e. The standard InChI is InChI=1S/C18H12F3N3O2/c19-18(20,21)13-4-6-15(7-5-13)26-16-8-3-12(10-23-16)17(25)24-14-2-1-9-22-11-14/h1-11H,(H,24,25). The number of alkyl halides is 3. The molecule has 0 fully saturated rings. The molecule has 5 nitrogen and oxygen atoms in total. The SMILES string of the molecule is O=C(Nc1cccnc1)c1ccc(Oc2ccc(C(F)(F)F)cc2)nc1. The van der Waals surface area contributed by atoms with Crippen molar-refractivity contribution in [2.45, 2.75) is 6.18 Å². The fourth-order valence-electron chi connectivity index (χ4n) is 2.05. The van der Waals surface area contributed by atoms with Crippen molar-refractivity contribution < 1.29 is 22.7 Å². The van der Waals surface area contributed by atoms with E-state index in [1.165, 1.54) is 36.7 Å². The topological polar surface area (TPSA) is 64.1 Å². The summed E-state index contributed by atoms with van der Waals surface area (Å²) in [5, 5.41) is 2.66. The Morgan fingerprint density at radius 3 is 2.35 bits per heavy atom. The van der Waals surface area contributed by atoms with Crippen LogP contribution >= 0.6 is 0 Å². The summed E-state index contributed by atoms with van der Waals surface area (Å²) in [7, 11) is 0. The molecule has 0 spiro atoms. The smallest absolute Gasteiger partial charge is 0.416 e. The zero-order valence-corrected chi connectivity index (χ0v) is 13.2. The van der Waals surface area contributed by atoms with E-state index in [9.17, 15) is 18.0 Å². The predicted octanol–water partition coefficient (Wildman–Crippen LogP) is 4.54. The average Bonchev–Trinajstić information content (AvgIpc) is 2.63. The highest BCUT2D eigenvalue weighted by atomic mass is 19.4. The summed E-state index contributed by atoms with van der Waals surface area (Å²) in [5.41, 5.74) is 0.0800. The number of rotatable bonds is 4. The van der Waals surface area contributed by atoms with E-state index in [0.717, 1.165) is 12.1 Å². The maximum atomic E-state index is 12.5. The van der Waals surface area contributed by atoms with Crippen LogP contribution in [0.15, 0.2) is 67.1 Å². The summed E-state index contributed by atoms with van der Waals surface area (Å²) in [5.74, 6) is -0.00710. The number of ether oxygens (including phenoxy) is 1. The Kier molecular flexibility index (Phi) is 4.83. The third kappa shape index (κ3) is 4.35. The molecular formula is C18H12F3N3O2. The Bertz CT molecular complexity index is 880. The Morgan fingerprint density at radius 1 is 1.00 bits per heavy atom. The van der Waals surface area contributed by atoms with Crippen LogP contribution in [-0.4, -0.2) is 15.9 Å². The first-order valence-electron chi connectivity index (χ1n) is 7.44. The van der Waals surface area contributed by atoms with Crippen LogP contribution in [0, 0.1) is 0 Å². The first-order valence-corrected chi connectivity index (χ1v) is 7.44. The lowest BCUT2D eigenvalue weighted by Crippen LogP contribution is -2.12. The maximum absolute atomic E-state index is 12.5. The molecule has 0 saturated heterocycles. The first-order chi connectivity index (χ1) is 12.4. The molecule has 132 valence electrons. The van der Waals surface area contributed by atoms with Gasteiger partial charge in [0, 0.05) is 18.5 Å². The Morgan fingerprint density at radius 2 is 1.77 bits per heavy atom. The van der Waals surface area contributed by atoms with Crippen molar-refractivity contribution in [3.8, 4) is 11.6 Å². The summed E-state index contributed by atoms with van der Waals surface area (Å²) >= 11 is 0. The molecule has 1 amide bonds. The monoisotopic (exact) mass is 359 g/mol. The van der Waals surface area contributed by atoms with Gasteiger partial charge in [0.05, 0.1) is 23.0 Å². The number of hydrogen-bond acceptors (Lipinski definition) is 4. The predicted molar refractivity (Wildman–Crippen MR) is 87.9 cm³/mol. The molecule has 3 rings (SSSR count). The Labute approximate surface area is 146 Å². The van der Waals surface area contributed by atoms with Crippen molar-refractivity contribution >= 4 is 11.6 Å². The largest absolute Gasteiger partial charge is 0.439 e. The van der Waals surface area contributed by atoms with Crippen molar-refractivity contribution in [2.75, 3.05) is 5.32 Å². The van der Waals surface area contributed by atoms with Gasteiger partial charge in [-0.25, -0.2) is 4.98 Å². The molecule has 0 radical (unpaired) electrons. The van der Waals surface area contributed by atoms with Crippen molar-refractivity contribution in [3.63, 3.8) is 0 Å². The second-order valence-corrected chi connectivity index (χ2v) is 5.21. The van der Waals surface area contributed by atoms with E-state index in [-0.39, 0.29) is 17.5 Å². The van der Waals surface area contributed by atoms with Gasteiger partial charge >= 0.3 is 6.18 Å². The number of hydrogen-bond donors (Lipinski definition) is 1. The summed E-state index contributed by atoms with van der Waals surface area (Å²) in [6.45, 7) is 0. The number of benzene rings is 1. The van der Waals surface area contributed by atoms with Gasteiger partial charge < -0.3 is 10.1 Å². The number of pyridine rings is 2. The highest BCUT2D eigenvalue weighted by Gasteiger charge is 2.30. The number of anilines is 1. The second kappa shape index (κ2) is 7.22. The van der Waals surface area contributed by atoms with Crippen molar-refractivity contribution in [1.29, 1.82) is 0 Å². The summed E-state index contributed by atoms with van der Waals surface area (Å²) in [6, 6.07) is 10.6. The van der Waals surface area contributed by atoms with Crippen LogP contribution in [0.5, 0.6) is 11.6 Å². The number of nitrogens with zero attached hydrogens (tertiary/aromatic N) is 2. The van der Waals surface area contributed by atoms with Gasteiger partial charge in [-0.1, -0.05) is 0 Å². The molecule has 2 aromatic heterocycles. The lowest BCUT2D eigenvalue weighted by atomic mass is 10.2. The van der Waals surface area contributed by atoms with Crippen LogP contribution in [0.25, 0.3) is 0 Å². The molecule has 1 N–H and O–H groups in total. The van der Waals surface area contributed by atoms with Gasteiger partial charge in [-0.2, -0.15) is 13.2 Å². The molecule has 0 saturated carbocycles. The van der Waals surface area contributed by atoms with E-state index in [4.69, 9.17) is 4.74 Å². The summed E-state index contributed by atoms with van der Waals surface area (Å²) in [6.07, 6.45) is 0.00316. The van der Waals surface area contributed by atoms with Crippen LogP contribution in [0.3, 0.4) is 0 Å². The van der Waals surface area contributed by atoms with Crippen molar-refractivity contribution in [3.05, 3.63) is 78.2 Å². The average molecular weight is 359 g/mol. The molecule has 0 atom stereocenters. The number of aromatic nitrogens is 2. The van der Waals surface area contributed by atoms with Crippen LogP contribution in [-0.2, 0) is 6.18 Å². The minimum atomic E-state index is -4.40. The van der Waals surface area contributed by atoms with Gasteiger partial charge in [0.1, 0.15) is 5.75 Å². The molecule has 0 aliphatic carbocycles. The first kappa shape index (κ1) is 17.4. The molecule has 0 bridgehead atoms. The Balaban J connectivity index is 1.65. The number of nitrogens with one attached hydrogen (secondary N) is 1. The van der Waals surface area contributed by atoms with Crippen LogP contribution < -0.4 is 10.1 Å². The van der Waals surface area contributed by atoms with Gasteiger partial charge in [0.2, 0.25) is 5.88 Å². The number of amides is 1. The Hall–Kier alpha value is -3.42. The lowest BCUT2D eigenvalue weighted by molar-refractivity contribution is -0.137. The molecule has 8 heteroatoms. The quantitative estimate of drug-likeness (QED) is 0.743. The molecule has 1 aromatic carbocycles. The van der Waals surface area contributed by atoms with Crippen LogP contribution in [0.2, 0.25) is 0 Å². The van der Waals surface area contributed by atoms with E-state index >= 15 is 0 Å². The molecule has 2 heterocycles. The molecule has 0 aliphatic heterocycles. The van der Waals surface area contributed by atoms with Gasteiger partial charge in [0.25, 0.3) is 5.91 Å². The molecule has 0 aliphatic rings. The van der Waals surface area contributed by atoms with E-state index in [1.807, 2.05) is 0 Å². The van der Waals surface area contributed by atoms with Crippen LogP contribution in [0.4, 0.5) is 18.9 Å². The molecular weight excluding hydrogens is 347 g/mol. The summed E-state index contributed by atoms with van der Waals surface area (Å²) < 4.78 is 43.0. The van der Waals surface area contributed by atoms with E-state index < -0.39 is 11.7 Å². The third-order valence-electron chi connectivity index (χ3n) is 3.32. The fourth-order valence-corrected chi connectivity index (χ4v) is 2.05. The highest BCUT2D eigenvalue weighted by Crippen LogP contribution is 2.31. The van der Waals surface area contributed by atoms with Crippen molar-refractivity contribution in [1.82, 2.24) is 9.97 Å². The minimum absolute atomic E-state index is 0.155. The van der Waals surface area contributed by atoms with Gasteiger partial charge in [0.15, 0.2) is 0 Å². The van der Waals surface area contributed by atoms with Gasteiger partial charge in [-0.05, 0) is 42.5 Å². The third-order valence-corrected chi connectivity index (χ3v) is 3.32. The molecule has 0 unspecified atom stereocenters. The fraction of sp³-hybridized carbons (Fsp3) is 0.0556. The summed E-state index contributed by atoms with van der Waals surface area (Å²) in [4.78, 5) is 20.0. The normalized spacial score (nSPS) is 11.0. The molecule has 3 aromatic rings. The number of halogens is 3. The van der Waals surface area contributed by atoms with E-state index in [2.05, 4.69) is 15.3 Å². The van der Waals surface area contributed by atoms with E-state index in [1.54, 1.807) is 18.3 Å². The highest BCUT2D eigenvalue weighted by molar-refractivity contribution is 6.03. The second-order valence-electron chi connectivity index (χ2n) is 5.21. The van der Waals surface area contributed by atoms with Gasteiger partial charge in [-0.15, -0.1) is 0 Å². The zero-order chi connectivity index (χ0) is 18.6. The zero-order valence-electron chi connectivity index (χ0n) is 13.2. The number of carbonyl (C=O) groups is 1. The van der Waals surface area contributed by atoms with Crippen LogP contribution in [0.1, 0.15) is 15.9 Å². The van der Waals surface area contributed by atoms with E-state index in [0.29, 0.717) is 11.3 Å². The molecule has 26 heavy (non-hydrogen) atoms. The van der Waals surface area contributed by atoms with Crippen molar-refractivity contribution in [2.24, 2.45) is 0 Å².